The Morgan fingerprint density at radius 3 is 2.40 bits per heavy atom. The van der Waals surface area contributed by atoms with Crippen LogP contribution in [0.1, 0.15) is 20.8 Å². The topological polar surface area (TPSA) is 82.5 Å². The predicted molar refractivity (Wildman–Crippen MR) is 94.9 cm³/mol. The number of carbonyl (C=O) groups excluding carboxylic acids is 1. The molecule has 0 radical (unpaired) electrons. The molecule has 2 aromatic rings. The first-order valence-corrected chi connectivity index (χ1v) is 7.85. The van der Waals surface area contributed by atoms with E-state index in [0.717, 1.165) is 10.2 Å². The van der Waals surface area contributed by atoms with E-state index in [1.165, 1.54) is 6.07 Å². The van der Waals surface area contributed by atoms with E-state index in [1.54, 1.807) is 32.4 Å². The number of rotatable bonds is 5. The van der Waals surface area contributed by atoms with E-state index in [-0.39, 0.29) is 23.6 Å². The molecule has 2 rings (SSSR count). The zero-order valence-electron chi connectivity index (χ0n) is 15.1. The standard InChI is InChI=1S/C18H23N3O4/c1-18(2,3)19-16(22)11-21-17(23)9-7-13(20-21)12-6-8-14(24-4)15(10-12)25-5/h6-10H,11H2,1-5H3,(H,19,22). The van der Waals surface area contributed by atoms with Crippen molar-refractivity contribution < 1.29 is 14.3 Å². The van der Waals surface area contributed by atoms with Crippen molar-refractivity contribution in [2.75, 3.05) is 14.2 Å². The first-order chi connectivity index (χ1) is 11.7. The highest BCUT2D eigenvalue weighted by Crippen LogP contribution is 2.31. The molecule has 0 aliphatic rings. The van der Waals surface area contributed by atoms with Crippen molar-refractivity contribution >= 4 is 5.91 Å². The van der Waals surface area contributed by atoms with Crippen LogP contribution in [0.3, 0.4) is 0 Å². The van der Waals surface area contributed by atoms with E-state index < -0.39 is 0 Å². The van der Waals surface area contributed by atoms with Gasteiger partial charge < -0.3 is 14.8 Å². The normalized spacial score (nSPS) is 11.1. The molecule has 7 heteroatoms. The second-order valence-electron chi connectivity index (χ2n) is 6.58. The minimum absolute atomic E-state index is 0.142. The fourth-order valence-electron chi connectivity index (χ4n) is 2.31. The van der Waals surface area contributed by atoms with Crippen LogP contribution in [0.4, 0.5) is 0 Å². The molecular formula is C18H23N3O4. The Hall–Kier alpha value is -2.83. The average Bonchev–Trinajstić information content (AvgIpc) is 2.54. The molecule has 0 saturated carbocycles. The molecule has 0 bridgehead atoms. The highest BCUT2D eigenvalue weighted by Gasteiger charge is 2.15. The van der Waals surface area contributed by atoms with Crippen LogP contribution >= 0.6 is 0 Å². The molecule has 7 nitrogen and oxygen atoms in total. The van der Waals surface area contributed by atoms with E-state index in [2.05, 4.69) is 10.4 Å². The second-order valence-corrected chi connectivity index (χ2v) is 6.58. The third-order valence-corrected chi connectivity index (χ3v) is 3.35. The molecule has 1 amide bonds. The molecule has 0 spiro atoms. The molecule has 25 heavy (non-hydrogen) atoms. The molecule has 0 aliphatic heterocycles. The van der Waals surface area contributed by atoms with Crippen LogP contribution in [0.15, 0.2) is 35.1 Å². The van der Waals surface area contributed by atoms with E-state index in [9.17, 15) is 9.59 Å². The second kappa shape index (κ2) is 7.38. The molecule has 0 atom stereocenters. The van der Waals surface area contributed by atoms with Crippen LogP contribution in [-0.4, -0.2) is 35.4 Å². The van der Waals surface area contributed by atoms with Crippen molar-refractivity contribution in [1.29, 1.82) is 0 Å². The molecule has 1 aromatic carbocycles. The Bertz CT molecular complexity index is 822. The summed E-state index contributed by atoms with van der Waals surface area (Å²) in [5.74, 6) is 0.890. The third kappa shape index (κ3) is 4.82. The first kappa shape index (κ1) is 18.5. The average molecular weight is 345 g/mol. The predicted octanol–water partition coefficient (Wildman–Crippen LogP) is 1.84. The Labute approximate surface area is 146 Å². The van der Waals surface area contributed by atoms with E-state index in [4.69, 9.17) is 9.47 Å². The van der Waals surface area contributed by atoms with E-state index in [0.29, 0.717) is 17.2 Å². The van der Waals surface area contributed by atoms with Crippen molar-refractivity contribution in [1.82, 2.24) is 15.1 Å². The maximum atomic E-state index is 12.1. The van der Waals surface area contributed by atoms with Crippen molar-refractivity contribution in [3.63, 3.8) is 0 Å². The van der Waals surface area contributed by atoms with E-state index in [1.807, 2.05) is 26.8 Å². The number of hydrogen-bond donors (Lipinski definition) is 1. The highest BCUT2D eigenvalue weighted by molar-refractivity contribution is 5.76. The summed E-state index contributed by atoms with van der Waals surface area (Å²) >= 11 is 0. The fraction of sp³-hybridized carbons (Fsp3) is 0.389. The van der Waals surface area contributed by atoms with Crippen LogP contribution in [0, 0.1) is 0 Å². The summed E-state index contributed by atoms with van der Waals surface area (Å²) < 4.78 is 11.6. The lowest BCUT2D eigenvalue weighted by molar-refractivity contribution is -0.123. The molecule has 0 fully saturated rings. The van der Waals surface area contributed by atoms with Gasteiger partial charge in [-0.25, -0.2) is 4.68 Å². The molecule has 1 aromatic heterocycles. The largest absolute Gasteiger partial charge is 0.493 e. The van der Waals surface area contributed by atoms with E-state index >= 15 is 0 Å². The van der Waals surface area contributed by atoms with Gasteiger partial charge in [0.2, 0.25) is 5.91 Å². The molecule has 1 heterocycles. The number of aromatic nitrogens is 2. The van der Waals surface area contributed by atoms with Gasteiger partial charge in [0.05, 0.1) is 19.9 Å². The summed E-state index contributed by atoms with van der Waals surface area (Å²) in [6, 6.07) is 8.35. The minimum atomic E-state index is -0.373. The number of methoxy groups -OCH3 is 2. The molecule has 0 saturated heterocycles. The van der Waals surface area contributed by atoms with Gasteiger partial charge in [-0.05, 0) is 45.0 Å². The van der Waals surface area contributed by atoms with Gasteiger partial charge in [-0.3, -0.25) is 9.59 Å². The fourth-order valence-corrected chi connectivity index (χ4v) is 2.31. The third-order valence-electron chi connectivity index (χ3n) is 3.35. The summed E-state index contributed by atoms with van der Waals surface area (Å²) in [5.41, 5.74) is 0.599. The van der Waals surface area contributed by atoms with Crippen LogP contribution < -0.4 is 20.3 Å². The summed E-state index contributed by atoms with van der Waals surface area (Å²) in [6.45, 7) is 5.49. The number of benzene rings is 1. The number of ether oxygens (including phenoxy) is 2. The summed E-state index contributed by atoms with van der Waals surface area (Å²) in [4.78, 5) is 24.1. The highest BCUT2D eigenvalue weighted by atomic mass is 16.5. The van der Waals surface area contributed by atoms with Gasteiger partial charge in [-0.2, -0.15) is 5.10 Å². The Morgan fingerprint density at radius 1 is 1.12 bits per heavy atom. The monoisotopic (exact) mass is 345 g/mol. The summed E-state index contributed by atoms with van der Waals surface area (Å²) in [7, 11) is 3.11. The molecule has 0 aliphatic carbocycles. The number of carbonyl (C=O) groups is 1. The van der Waals surface area contributed by atoms with Gasteiger partial charge in [-0.1, -0.05) is 0 Å². The van der Waals surface area contributed by atoms with Crippen molar-refractivity contribution in [2.45, 2.75) is 32.9 Å². The Kier molecular flexibility index (Phi) is 5.46. The SMILES string of the molecule is COc1ccc(-c2ccc(=O)n(CC(=O)NC(C)(C)C)n2)cc1OC. The molecular weight excluding hydrogens is 322 g/mol. The zero-order valence-corrected chi connectivity index (χ0v) is 15.1. The molecule has 1 N–H and O–H groups in total. The smallest absolute Gasteiger partial charge is 0.267 e. The van der Waals surface area contributed by atoms with Gasteiger partial charge in [0, 0.05) is 17.2 Å². The number of amides is 1. The van der Waals surface area contributed by atoms with Gasteiger partial charge in [-0.15, -0.1) is 0 Å². The van der Waals surface area contributed by atoms with Gasteiger partial charge in [0.15, 0.2) is 11.5 Å². The minimum Gasteiger partial charge on any atom is -0.493 e. The Balaban J connectivity index is 2.33. The lowest BCUT2D eigenvalue weighted by atomic mass is 10.1. The Morgan fingerprint density at radius 2 is 1.80 bits per heavy atom. The van der Waals surface area contributed by atoms with Crippen molar-refractivity contribution in [3.05, 3.63) is 40.7 Å². The molecule has 0 unspecified atom stereocenters. The van der Waals surface area contributed by atoms with Crippen LogP contribution in [-0.2, 0) is 11.3 Å². The lowest BCUT2D eigenvalue weighted by Gasteiger charge is -2.20. The molecule has 134 valence electrons. The van der Waals surface area contributed by atoms with Crippen LogP contribution in [0.25, 0.3) is 11.3 Å². The maximum Gasteiger partial charge on any atom is 0.267 e. The summed E-state index contributed by atoms with van der Waals surface area (Å²) in [5, 5.41) is 7.10. The lowest BCUT2D eigenvalue weighted by Crippen LogP contribution is -2.43. The van der Waals surface area contributed by atoms with Crippen LogP contribution in [0.5, 0.6) is 11.5 Å². The van der Waals surface area contributed by atoms with Crippen molar-refractivity contribution in [3.8, 4) is 22.8 Å². The first-order valence-electron chi connectivity index (χ1n) is 7.85. The van der Waals surface area contributed by atoms with Gasteiger partial charge >= 0.3 is 0 Å². The zero-order chi connectivity index (χ0) is 18.6. The summed E-state index contributed by atoms with van der Waals surface area (Å²) in [6.07, 6.45) is 0. The van der Waals surface area contributed by atoms with Crippen LogP contribution in [0.2, 0.25) is 0 Å². The van der Waals surface area contributed by atoms with Gasteiger partial charge in [0.1, 0.15) is 6.54 Å². The van der Waals surface area contributed by atoms with Gasteiger partial charge in [0.25, 0.3) is 5.56 Å². The number of hydrogen-bond acceptors (Lipinski definition) is 5. The van der Waals surface area contributed by atoms with Crippen molar-refractivity contribution in [2.24, 2.45) is 0 Å². The quantitative estimate of drug-likeness (QED) is 0.894. The maximum absolute atomic E-state index is 12.1. The number of nitrogens with one attached hydrogen (secondary N) is 1. The number of nitrogens with zero attached hydrogens (tertiary/aromatic N) is 2.